The van der Waals surface area contributed by atoms with Crippen LogP contribution in [0, 0.1) is 23.0 Å². The fourth-order valence-corrected chi connectivity index (χ4v) is 9.36. The highest BCUT2D eigenvalue weighted by atomic mass is 35.5. The minimum atomic E-state index is -2.75. The van der Waals surface area contributed by atoms with Crippen LogP contribution in [0.2, 0.25) is 5.02 Å². The molecule has 4 aliphatic rings. The summed E-state index contributed by atoms with van der Waals surface area (Å²) in [4.78, 5) is 12.5. The topological polar surface area (TPSA) is 101 Å². The van der Waals surface area contributed by atoms with E-state index in [0.717, 1.165) is 30.4 Å². The molecule has 4 aromatic rings. The van der Waals surface area contributed by atoms with Gasteiger partial charge in [0, 0.05) is 23.9 Å². The molecule has 2 aromatic heterocycles. The molecule has 8 nitrogen and oxygen atoms in total. The van der Waals surface area contributed by atoms with Crippen molar-refractivity contribution in [3.63, 3.8) is 0 Å². The molecule has 1 aliphatic carbocycles. The van der Waals surface area contributed by atoms with Crippen molar-refractivity contribution in [3.8, 4) is 29.0 Å². The van der Waals surface area contributed by atoms with Crippen molar-refractivity contribution in [2.45, 2.75) is 68.8 Å². The second-order valence-corrected chi connectivity index (χ2v) is 14.1. The average molecular weight is 691 g/mol. The van der Waals surface area contributed by atoms with Gasteiger partial charge in [0.2, 0.25) is 0 Å². The highest BCUT2D eigenvalue weighted by molar-refractivity contribution is 7.23. The minimum Gasteiger partial charge on any atom is -0.486 e. The maximum Gasteiger partial charge on any atom is 0.319 e. The number of halogens is 6. The van der Waals surface area contributed by atoms with Gasteiger partial charge in [-0.2, -0.15) is 15.2 Å². The molecule has 2 saturated heterocycles. The first kappa shape index (κ1) is 30.7. The molecule has 0 spiro atoms. The Morgan fingerprint density at radius 1 is 1.21 bits per heavy atom. The molecule has 246 valence electrons. The molecule has 15 heteroatoms. The SMILES string of the molecule is N#Cc1c(N)sc2c(F)ccc(-c3c(Cl)c4c5c(nc(OC[C@@]67CCCN6C[C@H](F)C7)nc5c3F)N(CC(F)F)C3CCCC3O4)c12. The highest BCUT2D eigenvalue weighted by Crippen LogP contribution is 2.53. The lowest BCUT2D eigenvalue weighted by Crippen LogP contribution is -2.45. The fourth-order valence-electron chi connectivity index (χ4n) is 8.09. The van der Waals surface area contributed by atoms with Gasteiger partial charge in [0.15, 0.2) is 11.6 Å². The van der Waals surface area contributed by atoms with E-state index in [2.05, 4.69) is 9.97 Å². The number of ether oxygens (including phenoxy) is 2. The summed E-state index contributed by atoms with van der Waals surface area (Å²) >= 11 is 7.85. The van der Waals surface area contributed by atoms with Gasteiger partial charge in [-0.05, 0) is 50.3 Å². The van der Waals surface area contributed by atoms with Crippen molar-refractivity contribution < 1.29 is 31.4 Å². The van der Waals surface area contributed by atoms with Crippen molar-refractivity contribution in [2.24, 2.45) is 0 Å². The standard InChI is InChI=1S/C32H28ClF5N6O2S/c33-24-22(15-5-6-17(35)28-21(15)16(10-39)29(40)47-28)25(38)26-23-27(24)46-19-4-1-3-18(19)44(12-20(36)37)30(23)42-31(41-26)45-13-32-7-2-8-43(32)11-14(34)9-32/h5-6,14,18-20H,1-4,7-9,11-13,40H2/t14-,18?,19?,32+/m1/s1. The van der Waals surface area contributed by atoms with E-state index < -0.39 is 48.5 Å². The van der Waals surface area contributed by atoms with Crippen molar-refractivity contribution in [2.75, 3.05) is 36.9 Å². The van der Waals surface area contributed by atoms with E-state index in [-0.39, 0.29) is 78.3 Å². The Bertz CT molecular complexity index is 1990. The van der Waals surface area contributed by atoms with E-state index in [4.69, 9.17) is 26.8 Å². The fraction of sp³-hybridized carbons (Fsp3) is 0.469. The second-order valence-electron chi connectivity index (χ2n) is 12.7. The van der Waals surface area contributed by atoms with E-state index in [0.29, 0.717) is 32.2 Å². The number of alkyl halides is 3. The lowest BCUT2D eigenvalue weighted by Gasteiger charge is -2.32. The third kappa shape index (κ3) is 4.68. The van der Waals surface area contributed by atoms with Gasteiger partial charge in [-0.1, -0.05) is 17.7 Å². The first-order valence-corrected chi connectivity index (χ1v) is 16.7. The Morgan fingerprint density at radius 2 is 2.04 bits per heavy atom. The molecule has 2 aromatic carbocycles. The van der Waals surface area contributed by atoms with Crippen LogP contribution in [0.25, 0.3) is 32.1 Å². The number of nitrogens with two attached hydrogens (primary N) is 1. The summed E-state index contributed by atoms with van der Waals surface area (Å²) in [7, 11) is 0. The van der Waals surface area contributed by atoms with Crippen LogP contribution in [0.4, 0.5) is 32.8 Å². The molecule has 4 atom stereocenters. The summed E-state index contributed by atoms with van der Waals surface area (Å²) in [5.41, 5.74) is 5.04. The molecule has 0 radical (unpaired) electrons. The molecule has 5 heterocycles. The van der Waals surface area contributed by atoms with Crippen LogP contribution in [0.15, 0.2) is 12.1 Å². The van der Waals surface area contributed by atoms with E-state index >= 15 is 4.39 Å². The number of fused-ring (bicyclic) bond motifs is 3. The number of thiophene rings is 1. The molecule has 0 amide bonds. The third-order valence-electron chi connectivity index (χ3n) is 10.1. The van der Waals surface area contributed by atoms with Crippen molar-refractivity contribution in [3.05, 3.63) is 34.4 Å². The number of benzene rings is 2. The molecule has 3 aliphatic heterocycles. The summed E-state index contributed by atoms with van der Waals surface area (Å²) < 4.78 is 87.4. The molecule has 1 saturated carbocycles. The zero-order valence-electron chi connectivity index (χ0n) is 24.8. The first-order valence-electron chi connectivity index (χ1n) is 15.5. The quantitative estimate of drug-likeness (QED) is 0.212. The van der Waals surface area contributed by atoms with E-state index in [1.54, 1.807) is 0 Å². The lowest BCUT2D eigenvalue weighted by molar-refractivity contribution is 0.107. The molecule has 47 heavy (non-hydrogen) atoms. The number of hydrogen-bond acceptors (Lipinski definition) is 9. The van der Waals surface area contributed by atoms with Gasteiger partial charge < -0.3 is 20.1 Å². The number of nitriles is 1. The number of aromatic nitrogens is 2. The van der Waals surface area contributed by atoms with Gasteiger partial charge in [-0.3, -0.25) is 4.90 Å². The van der Waals surface area contributed by atoms with Crippen LogP contribution in [0.3, 0.4) is 0 Å². The Kier molecular flexibility index (Phi) is 7.31. The number of nitrogens with zero attached hydrogens (tertiary/aromatic N) is 5. The number of rotatable bonds is 6. The van der Waals surface area contributed by atoms with Gasteiger partial charge in [-0.25, -0.2) is 22.0 Å². The van der Waals surface area contributed by atoms with Gasteiger partial charge in [0.1, 0.15) is 47.1 Å². The summed E-state index contributed by atoms with van der Waals surface area (Å²) in [5.74, 6) is -1.60. The summed E-state index contributed by atoms with van der Waals surface area (Å²) in [6, 6.07) is 3.66. The zero-order valence-corrected chi connectivity index (χ0v) is 26.4. The van der Waals surface area contributed by atoms with Gasteiger partial charge >= 0.3 is 6.01 Å². The predicted molar refractivity (Wildman–Crippen MR) is 168 cm³/mol. The number of hydrogen-bond donors (Lipinski definition) is 1. The molecule has 2 N–H and O–H groups in total. The maximum absolute atomic E-state index is 17.1. The molecular weight excluding hydrogens is 663 g/mol. The number of nitrogen functional groups attached to an aromatic ring is 1. The summed E-state index contributed by atoms with van der Waals surface area (Å²) in [5, 5.41) is 9.86. The van der Waals surface area contributed by atoms with E-state index in [9.17, 15) is 22.8 Å². The largest absolute Gasteiger partial charge is 0.486 e. The normalized spacial score (nSPS) is 25.3. The van der Waals surface area contributed by atoms with Crippen LogP contribution in [0.1, 0.15) is 44.1 Å². The van der Waals surface area contributed by atoms with Crippen LogP contribution in [0.5, 0.6) is 11.8 Å². The van der Waals surface area contributed by atoms with Gasteiger partial charge in [0.25, 0.3) is 6.43 Å². The van der Waals surface area contributed by atoms with Crippen LogP contribution in [-0.4, -0.2) is 71.4 Å². The smallest absolute Gasteiger partial charge is 0.319 e. The van der Waals surface area contributed by atoms with Gasteiger partial charge in [-0.15, -0.1) is 11.3 Å². The zero-order chi connectivity index (χ0) is 32.8. The molecular formula is C32H28ClF5N6O2S. The summed E-state index contributed by atoms with van der Waals surface area (Å²) in [6.07, 6.45) is -0.756. The average Bonchev–Trinajstić information content (AvgIpc) is 3.78. The highest BCUT2D eigenvalue weighted by Gasteiger charge is 2.50. The summed E-state index contributed by atoms with van der Waals surface area (Å²) in [6.45, 7) is 0.346. The molecule has 2 unspecified atom stereocenters. The maximum atomic E-state index is 17.1. The van der Waals surface area contributed by atoms with Crippen molar-refractivity contribution in [1.29, 1.82) is 5.26 Å². The Morgan fingerprint density at radius 3 is 2.83 bits per heavy atom. The molecule has 0 bridgehead atoms. The Hall–Kier alpha value is -3.67. The van der Waals surface area contributed by atoms with Crippen LogP contribution < -0.4 is 20.1 Å². The lowest BCUT2D eigenvalue weighted by atomic mass is 9.95. The minimum absolute atomic E-state index is 0.000590. The van der Waals surface area contributed by atoms with Crippen LogP contribution in [-0.2, 0) is 0 Å². The monoisotopic (exact) mass is 690 g/mol. The molecule has 3 fully saturated rings. The predicted octanol–water partition coefficient (Wildman–Crippen LogP) is 7.24. The first-order chi connectivity index (χ1) is 22.6. The molecule has 8 rings (SSSR count). The van der Waals surface area contributed by atoms with E-state index in [1.165, 1.54) is 11.0 Å². The number of anilines is 2. The van der Waals surface area contributed by atoms with Gasteiger partial charge in [0.05, 0.1) is 38.8 Å². The van der Waals surface area contributed by atoms with Crippen molar-refractivity contribution >= 4 is 54.7 Å². The third-order valence-corrected chi connectivity index (χ3v) is 11.5. The van der Waals surface area contributed by atoms with Crippen LogP contribution >= 0.6 is 22.9 Å². The Balaban J connectivity index is 1.37. The van der Waals surface area contributed by atoms with E-state index in [1.807, 2.05) is 11.0 Å². The second kappa shape index (κ2) is 11.2. The Labute approximate surface area is 274 Å². The van der Waals surface area contributed by atoms with Crippen molar-refractivity contribution in [1.82, 2.24) is 14.9 Å².